The van der Waals surface area contributed by atoms with Crippen LogP contribution in [0.15, 0.2) is 0 Å². The molecule has 1 amide bonds. The van der Waals surface area contributed by atoms with Crippen LogP contribution < -0.4 is 5.32 Å². The van der Waals surface area contributed by atoms with Crippen molar-refractivity contribution in [1.29, 1.82) is 0 Å². The molecule has 2 bridgehead atoms. The number of amides is 1. The van der Waals surface area contributed by atoms with Crippen molar-refractivity contribution < 1.29 is 4.79 Å². The molecule has 0 aromatic carbocycles. The van der Waals surface area contributed by atoms with Crippen molar-refractivity contribution in [2.24, 2.45) is 0 Å². The lowest BCUT2D eigenvalue weighted by Crippen LogP contribution is -2.53. The molecule has 13 heavy (non-hydrogen) atoms. The Morgan fingerprint density at radius 1 is 1.23 bits per heavy atom. The topological polar surface area (TPSA) is 32.3 Å². The predicted molar refractivity (Wildman–Crippen MR) is 56.7 cm³/mol. The molecule has 2 atom stereocenters. The summed E-state index contributed by atoms with van der Waals surface area (Å²) in [6.45, 7) is 3.67. The maximum atomic E-state index is 11.2. The van der Waals surface area contributed by atoms with E-state index in [9.17, 15) is 4.79 Å². The molecule has 2 aliphatic rings. The van der Waals surface area contributed by atoms with E-state index in [0.29, 0.717) is 12.1 Å². The lowest BCUT2D eigenvalue weighted by Gasteiger charge is -2.34. The summed E-state index contributed by atoms with van der Waals surface area (Å²) in [6.07, 6.45) is 2.38. The summed E-state index contributed by atoms with van der Waals surface area (Å²) >= 11 is 0. The monoisotopic (exact) mass is 226 g/mol. The standard InChI is InChI=1S/C8H14N2O.2ClH/c1-6(11)10-7-2-3-8(10)5-9-4-7;;/h7-9H,2-5H2,1H3;2*1H. The number of halogens is 2. The van der Waals surface area contributed by atoms with Gasteiger partial charge in [-0.25, -0.2) is 0 Å². The third-order valence-electron chi connectivity index (χ3n) is 2.74. The van der Waals surface area contributed by atoms with Gasteiger partial charge in [0.05, 0.1) is 0 Å². The van der Waals surface area contributed by atoms with Crippen molar-refractivity contribution in [1.82, 2.24) is 10.2 Å². The summed E-state index contributed by atoms with van der Waals surface area (Å²) < 4.78 is 0. The van der Waals surface area contributed by atoms with E-state index in [1.807, 2.05) is 0 Å². The molecule has 1 N–H and O–H groups in total. The first kappa shape index (κ1) is 13.0. The van der Waals surface area contributed by atoms with Crippen LogP contribution in [0.2, 0.25) is 0 Å². The van der Waals surface area contributed by atoms with Crippen LogP contribution >= 0.6 is 24.8 Å². The van der Waals surface area contributed by atoms with Crippen LogP contribution in [0, 0.1) is 0 Å². The van der Waals surface area contributed by atoms with E-state index in [0.717, 1.165) is 13.1 Å². The molecular weight excluding hydrogens is 211 g/mol. The second kappa shape index (κ2) is 5.03. The van der Waals surface area contributed by atoms with E-state index in [2.05, 4.69) is 10.2 Å². The number of piperazine rings is 1. The maximum absolute atomic E-state index is 11.2. The number of hydrogen-bond donors (Lipinski definition) is 1. The van der Waals surface area contributed by atoms with E-state index in [4.69, 9.17) is 0 Å². The van der Waals surface area contributed by atoms with Gasteiger partial charge < -0.3 is 10.2 Å². The molecule has 0 radical (unpaired) electrons. The minimum absolute atomic E-state index is 0. The first-order valence-electron chi connectivity index (χ1n) is 4.28. The molecule has 2 saturated heterocycles. The van der Waals surface area contributed by atoms with E-state index in [1.165, 1.54) is 12.8 Å². The number of nitrogens with one attached hydrogen (secondary N) is 1. The van der Waals surface area contributed by atoms with Gasteiger partial charge in [0.15, 0.2) is 0 Å². The van der Waals surface area contributed by atoms with E-state index in [1.54, 1.807) is 6.92 Å². The van der Waals surface area contributed by atoms with Gasteiger partial charge in [0.1, 0.15) is 0 Å². The van der Waals surface area contributed by atoms with Crippen LogP contribution in [0.1, 0.15) is 19.8 Å². The molecule has 0 saturated carbocycles. The van der Waals surface area contributed by atoms with Gasteiger partial charge in [0, 0.05) is 32.1 Å². The number of nitrogens with zero attached hydrogens (tertiary/aromatic N) is 1. The molecule has 0 aliphatic carbocycles. The molecule has 3 nitrogen and oxygen atoms in total. The highest BCUT2D eigenvalue weighted by molar-refractivity contribution is 5.85. The maximum Gasteiger partial charge on any atom is 0.220 e. The minimum atomic E-state index is 0. The quantitative estimate of drug-likeness (QED) is 0.664. The highest BCUT2D eigenvalue weighted by Gasteiger charge is 2.37. The summed E-state index contributed by atoms with van der Waals surface area (Å²) in [7, 11) is 0. The van der Waals surface area contributed by atoms with Crippen molar-refractivity contribution in [3.05, 3.63) is 0 Å². The molecule has 2 aliphatic heterocycles. The molecule has 2 unspecified atom stereocenters. The highest BCUT2D eigenvalue weighted by atomic mass is 35.5. The van der Waals surface area contributed by atoms with E-state index in [-0.39, 0.29) is 30.7 Å². The molecule has 2 heterocycles. The lowest BCUT2D eigenvalue weighted by molar-refractivity contribution is -0.132. The van der Waals surface area contributed by atoms with E-state index >= 15 is 0 Å². The Kier molecular flexibility index (Phi) is 5.04. The number of hydrogen-bond acceptors (Lipinski definition) is 2. The van der Waals surface area contributed by atoms with Gasteiger partial charge in [-0.15, -0.1) is 24.8 Å². The van der Waals surface area contributed by atoms with Crippen molar-refractivity contribution in [2.75, 3.05) is 13.1 Å². The minimum Gasteiger partial charge on any atom is -0.334 e. The Morgan fingerprint density at radius 3 is 2.00 bits per heavy atom. The molecule has 2 fully saturated rings. The average molecular weight is 227 g/mol. The van der Waals surface area contributed by atoms with Crippen LogP contribution in [0.4, 0.5) is 0 Å². The Labute approximate surface area is 91.1 Å². The highest BCUT2D eigenvalue weighted by Crippen LogP contribution is 2.26. The van der Waals surface area contributed by atoms with Gasteiger partial charge in [-0.2, -0.15) is 0 Å². The Hall–Kier alpha value is 0.01000. The average Bonchev–Trinajstić information content (AvgIpc) is 2.23. The third kappa shape index (κ3) is 2.27. The summed E-state index contributed by atoms with van der Waals surface area (Å²) in [5.74, 6) is 0.249. The largest absolute Gasteiger partial charge is 0.334 e. The zero-order chi connectivity index (χ0) is 7.84. The molecular formula is C8H16Cl2N2O. The number of carbonyl (C=O) groups is 1. The first-order chi connectivity index (χ1) is 5.29. The SMILES string of the molecule is CC(=O)N1C2CCC1CNC2.Cl.Cl. The van der Waals surface area contributed by atoms with Crippen molar-refractivity contribution >= 4 is 30.7 Å². The number of carbonyl (C=O) groups excluding carboxylic acids is 1. The van der Waals surface area contributed by atoms with Crippen LogP contribution in [-0.4, -0.2) is 36.0 Å². The van der Waals surface area contributed by atoms with Crippen molar-refractivity contribution in [3.63, 3.8) is 0 Å². The Bertz CT molecular complexity index is 173. The van der Waals surface area contributed by atoms with Crippen LogP contribution in [0.3, 0.4) is 0 Å². The zero-order valence-corrected chi connectivity index (χ0v) is 9.29. The second-order valence-corrected chi connectivity index (χ2v) is 3.47. The summed E-state index contributed by atoms with van der Waals surface area (Å²) in [5, 5.41) is 3.34. The first-order valence-corrected chi connectivity index (χ1v) is 4.28. The fourth-order valence-corrected chi connectivity index (χ4v) is 2.29. The third-order valence-corrected chi connectivity index (χ3v) is 2.74. The van der Waals surface area contributed by atoms with Gasteiger partial charge in [-0.3, -0.25) is 4.79 Å². The predicted octanol–water partition coefficient (Wildman–Crippen LogP) is 0.813. The second-order valence-electron chi connectivity index (χ2n) is 3.47. The van der Waals surface area contributed by atoms with Gasteiger partial charge in [-0.1, -0.05) is 0 Å². The van der Waals surface area contributed by atoms with Crippen LogP contribution in [0.5, 0.6) is 0 Å². The Morgan fingerprint density at radius 2 is 1.69 bits per heavy atom. The molecule has 5 heteroatoms. The molecule has 2 rings (SSSR count). The summed E-state index contributed by atoms with van der Waals surface area (Å²) in [6, 6.07) is 0.984. The molecule has 0 aromatic rings. The van der Waals surface area contributed by atoms with E-state index < -0.39 is 0 Å². The van der Waals surface area contributed by atoms with Gasteiger partial charge in [-0.05, 0) is 12.8 Å². The normalized spacial score (nSPS) is 30.4. The zero-order valence-electron chi connectivity index (χ0n) is 7.66. The number of fused-ring (bicyclic) bond motifs is 2. The van der Waals surface area contributed by atoms with Gasteiger partial charge >= 0.3 is 0 Å². The van der Waals surface area contributed by atoms with Crippen LogP contribution in [-0.2, 0) is 4.79 Å². The van der Waals surface area contributed by atoms with Gasteiger partial charge in [0.25, 0.3) is 0 Å². The smallest absolute Gasteiger partial charge is 0.220 e. The molecule has 78 valence electrons. The Balaban J connectivity index is 0.000000720. The van der Waals surface area contributed by atoms with Gasteiger partial charge in [0.2, 0.25) is 5.91 Å². The lowest BCUT2D eigenvalue weighted by atomic mass is 10.2. The fraction of sp³-hybridized carbons (Fsp3) is 0.875. The molecule has 0 aromatic heterocycles. The molecule has 0 spiro atoms. The number of rotatable bonds is 0. The summed E-state index contributed by atoms with van der Waals surface area (Å²) in [4.78, 5) is 13.2. The van der Waals surface area contributed by atoms with Crippen LogP contribution in [0.25, 0.3) is 0 Å². The fourth-order valence-electron chi connectivity index (χ4n) is 2.29. The van der Waals surface area contributed by atoms with Crippen molar-refractivity contribution in [3.8, 4) is 0 Å². The summed E-state index contributed by atoms with van der Waals surface area (Å²) in [5.41, 5.74) is 0. The van der Waals surface area contributed by atoms with Crippen molar-refractivity contribution in [2.45, 2.75) is 31.8 Å².